The molecule has 0 radical (unpaired) electrons. The van der Waals surface area contributed by atoms with E-state index in [1.165, 1.54) is 11.1 Å². The van der Waals surface area contributed by atoms with E-state index in [-0.39, 0.29) is 12.0 Å². The normalized spacial score (nSPS) is 17.1. The zero-order chi connectivity index (χ0) is 12.3. The van der Waals surface area contributed by atoms with Gasteiger partial charge in [-0.05, 0) is 18.1 Å². The average molecular weight is 234 g/mol. The summed E-state index contributed by atoms with van der Waals surface area (Å²) >= 11 is 0. The second-order valence-corrected chi connectivity index (χ2v) is 4.35. The lowest BCUT2D eigenvalue weighted by Crippen LogP contribution is -2.32. The van der Waals surface area contributed by atoms with Gasteiger partial charge >= 0.3 is 6.09 Å². The van der Waals surface area contributed by atoms with E-state index in [0.29, 0.717) is 26.2 Å². The van der Waals surface area contributed by atoms with Gasteiger partial charge in [0.05, 0.1) is 6.54 Å². The molecule has 1 aromatic carbocycles. The summed E-state index contributed by atoms with van der Waals surface area (Å²) in [5.41, 5.74) is 8.25. The minimum Gasteiger partial charge on any atom is -0.448 e. The quantitative estimate of drug-likeness (QED) is 0.858. The molecule has 0 aliphatic carbocycles. The Bertz CT molecular complexity index is 406. The van der Waals surface area contributed by atoms with E-state index < -0.39 is 0 Å². The van der Waals surface area contributed by atoms with E-state index in [9.17, 15) is 4.79 Å². The standard InChI is InChI=1S/C13H18N2O2/c1-10-4-2-3-5-12(10)11(8-14)9-15-6-7-17-13(15)16/h2-5,11H,6-9,14H2,1H3. The Balaban J connectivity index is 2.11. The highest BCUT2D eigenvalue weighted by Gasteiger charge is 2.25. The average Bonchev–Trinajstić information content (AvgIpc) is 2.73. The molecule has 1 fully saturated rings. The van der Waals surface area contributed by atoms with Crippen LogP contribution in [0.15, 0.2) is 24.3 Å². The van der Waals surface area contributed by atoms with Gasteiger partial charge in [-0.25, -0.2) is 4.79 Å². The van der Waals surface area contributed by atoms with Gasteiger partial charge in [-0.2, -0.15) is 0 Å². The number of hydrogen-bond donors (Lipinski definition) is 1. The highest BCUT2D eigenvalue weighted by atomic mass is 16.6. The van der Waals surface area contributed by atoms with Gasteiger partial charge in [0.25, 0.3) is 0 Å². The summed E-state index contributed by atoms with van der Waals surface area (Å²) in [6.07, 6.45) is -0.225. The van der Waals surface area contributed by atoms with Crippen molar-refractivity contribution in [2.24, 2.45) is 5.73 Å². The molecule has 2 rings (SSSR count). The van der Waals surface area contributed by atoms with Crippen LogP contribution in [0.4, 0.5) is 4.79 Å². The summed E-state index contributed by atoms with van der Waals surface area (Å²) in [4.78, 5) is 13.1. The first-order valence-electron chi connectivity index (χ1n) is 5.89. The smallest absolute Gasteiger partial charge is 0.409 e. The Morgan fingerprint density at radius 1 is 1.47 bits per heavy atom. The number of benzene rings is 1. The van der Waals surface area contributed by atoms with Gasteiger partial charge < -0.3 is 15.4 Å². The largest absolute Gasteiger partial charge is 0.448 e. The van der Waals surface area contributed by atoms with Crippen LogP contribution in [0.3, 0.4) is 0 Å². The molecule has 4 heteroatoms. The van der Waals surface area contributed by atoms with Crippen molar-refractivity contribution in [2.45, 2.75) is 12.8 Å². The van der Waals surface area contributed by atoms with Crippen LogP contribution in [0.25, 0.3) is 0 Å². The number of ether oxygens (including phenoxy) is 1. The molecule has 1 aliphatic rings. The van der Waals surface area contributed by atoms with Crippen molar-refractivity contribution >= 4 is 6.09 Å². The molecule has 0 aromatic heterocycles. The molecule has 0 spiro atoms. The summed E-state index contributed by atoms with van der Waals surface area (Å²) in [5.74, 6) is 0.182. The number of cyclic esters (lactones) is 1. The molecule has 4 nitrogen and oxygen atoms in total. The maximum absolute atomic E-state index is 11.4. The van der Waals surface area contributed by atoms with Gasteiger partial charge in [0.15, 0.2) is 0 Å². The Morgan fingerprint density at radius 2 is 2.24 bits per heavy atom. The van der Waals surface area contributed by atoms with Crippen molar-refractivity contribution in [1.29, 1.82) is 0 Å². The van der Waals surface area contributed by atoms with Gasteiger partial charge in [-0.3, -0.25) is 0 Å². The summed E-state index contributed by atoms with van der Waals surface area (Å²) in [6, 6.07) is 8.17. The summed E-state index contributed by atoms with van der Waals surface area (Å²) in [6.45, 7) is 4.40. The number of carbonyl (C=O) groups excluding carboxylic acids is 1. The lowest BCUT2D eigenvalue weighted by molar-refractivity contribution is 0.157. The first-order valence-corrected chi connectivity index (χ1v) is 5.89. The molecule has 1 saturated heterocycles. The van der Waals surface area contributed by atoms with E-state index in [1.54, 1.807) is 4.90 Å². The SMILES string of the molecule is Cc1ccccc1C(CN)CN1CCOC1=O. The highest BCUT2D eigenvalue weighted by molar-refractivity contribution is 5.69. The first kappa shape index (κ1) is 11.9. The van der Waals surface area contributed by atoms with Gasteiger partial charge in [0.2, 0.25) is 0 Å². The van der Waals surface area contributed by atoms with Crippen molar-refractivity contribution in [3.63, 3.8) is 0 Å². The van der Waals surface area contributed by atoms with Gasteiger partial charge in [-0.15, -0.1) is 0 Å². The molecule has 0 bridgehead atoms. The molecule has 1 atom stereocenters. The number of rotatable bonds is 4. The lowest BCUT2D eigenvalue weighted by Gasteiger charge is -2.22. The number of nitrogens with zero attached hydrogens (tertiary/aromatic N) is 1. The second-order valence-electron chi connectivity index (χ2n) is 4.35. The molecule has 1 aromatic rings. The van der Waals surface area contributed by atoms with Crippen molar-refractivity contribution < 1.29 is 9.53 Å². The van der Waals surface area contributed by atoms with E-state index in [4.69, 9.17) is 10.5 Å². The maximum atomic E-state index is 11.4. The van der Waals surface area contributed by atoms with E-state index in [0.717, 1.165) is 0 Å². The van der Waals surface area contributed by atoms with Gasteiger partial charge in [-0.1, -0.05) is 24.3 Å². The predicted molar refractivity (Wildman–Crippen MR) is 65.9 cm³/mol. The van der Waals surface area contributed by atoms with E-state index in [1.807, 2.05) is 12.1 Å². The topological polar surface area (TPSA) is 55.6 Å². The maximum Gasteiger partial charge on any atom is 0.409 e. The van der Waals surface area contributed by atoms with Crippen molar-refractivity contribution in [2.75, 3.05) is 26.2 Å². The fourth-order valence-electron chi connectivity index (χ4n) is 2.20. The summed E-state index contributed by atoms with van der Waals surface area (Å²) < 4.78 is 4.92. The fraction of sp³-hybridized carbons (Fsp3) is 0.462. The number of nitrogens with two attached hydrogens (primary N) is 1. The third-order valence-corrected chi connectivity index (χ3v) is 3.20. The molecule has 0 saturated carbocycles. The van der Waals surface area contributed by atoms with Gasteiger partial charge in [0.1, 0.15) is 6.61 Å². The van der Waals surface area contributed by atoms with Crippen molar-refractivity contribution in [3.8, 4) is 0 Å². The van der Waals surface area contributed by atoms with E-state index >= 15 is 0 Å². The van der Waals surface area contributed by atoms with Crippen LogP contribution >= 0.6 is 0 Å². The number of amides is 1. The first-order chi connectivity index (χ1) is 8.22. The predicted octanol–water partition coefficient (Wildman–Crippen LogP) is 1.49. The van der Waals surface area contributed by atoms with Crippen LogP contribution < -0.4 is 5.73 Å². The Labute approximate surface area is 101 Å². The van der Waals surface area contributed by atoms with Crippen LogP contribution in [0.1, 0.15) is 17.0 Å². The molecule has 1 amide bonds. The van der Waals surface area contributed by atoms with E-state index in [2.05, 4.69) is 19.1 Å². The third-order valence-electron chi connectivity index (χ3n) is 3.20. The molecule has 1 unspecified atom stereocenters. The fourth-order valence-corrected chi connectivity index (χ4v) is 2.20. The molecule has 2 N–H and O–H groups in total. The van der Waals surface area contributed by atoms with Crippen molar-refractivity contribution in [1.82, 2.24) is 4.90 Å². The monoisotopic (exact) mass is 234 g/mol. The Kier molecular flexibility index (Phi) is 3.64. The van der Waals surface area contributed by atoms with Crippen LogP contribution in [0.5, 0.6) is 0 Å². The van der Waals surface area contributed by atoms with Crippen LogP contribution in [-0.2, 0) is 4.74 Å². The zero-order valence-electron chi connectivity index (χ0n) is 10.1. The summed E-state index contributed by atoms with van der Waals surface area (Å²) in [5, 5.41) is 0. The number of aryl methyl sites for hydroxylation is 1. The molecule has 17 heavy (non-hydrogen) atoms. The van der Waals surface area contributed by atoms with Crippen LogP contribution in [0.2, 0.25) is 0 Å². The molecule has 1 aliphatic heterocycles. The van der Waals surface area contributed by atoms with Crippen LogP contribution in [-0.4, -0.2) is 37.2 Å². The Morgan fingerprint density at radius 3 is 2.82 bits per heavy atom. The minimum atomic E-state index is -0.225. The van der Waals surface area contributed by atoms with Crippen molar-refractivity contribution in [3.05, 3.63) is 35.4 Å². The highest BCUT2D eigenvalue weighted by Crippen LogP contribution is 2.21. The number of hydrogen-bond acceptors (Lipinski definition) is 3. The number of carbonyl (C=O) groups is 1. The third kappa shape index (κ3) is 2.58. The minimum absolute atomic E-state index is 0.182. The second kappa shape index (κ2) is 5.19. The summed E-state index contributed by atoms with van der Waals surface area (Å²) in [7, 11) is 0. The van der Waals surface area contributed by atoms with Gasteiger partial charge in [0, 0.05) is 19.0 Å². The zero-order valence-corrected chi connectivity index (χ0v) is 10.1. The van der Waals surface area contributed by atoms with Crippen LogP contribution in [0, 0.1) is 6.92 Å². The lowest BCUT2D eigenvalue weighted by atomic mass is 9.94. The molecule has 1 heterocycles. The molecule has 92 valence electrons. The molecular formula is C13H18N2O2. The Hall–Kier alpha value is -1.55. The molecular weight excluding hydrogens is 216 g/mol.